The number of hydrogen-bond acceptors (Lipinski definition) is 3. The Labute approximate surface area is 93.9 Å². The molecule has 0 amide bonds. The molecule has 0 radical (unpaired) electrons. The van der Waals surface area contributed by atoms with E-state index >= 15 is 0 Å². The van der Waals surface area contributed by atoms with Crippen LogP contribution in [-0.2, 0) is 0 Å². The Balaban J connectivity index is 2.35. The Morgan fingerprint density at radius 1 is 1.40 bits per heavy atom. The third kappa shape index (κ3) is 4.96. The molecular formula is C12H26N2O. The molecule has 0 bridgehead atoms. The van der Waals surface area contributed by atoms with Crippen LogP contribution in [0.15, 0.2) is 0 Å². The minimum atomic E-state index is -0.219. The zero-order valence-corrected chi connectivity index (χ0v) is 10.4. The van der Waals surface area contributed by atoms with Gasteiger partial charge in [0.05, 0.1) is 6.10 Å². The summed E-state index contributed by atoms with van der Waals surface area (Å²) in [6, 6.07) is 0.529. The van der Waals surface area contributed by atoms with Crippen LogP contribution in [0.2, 0.25) is 0 Å². The van der Waals surface area contributed by atoms with Crippen molar-refractivity contribution in [2.24, 2.45) is 5.92 Å². The van der Waals surface area contributed by atoms with E-state index in [1.54, 1.807) is 0 Å². The van der Waals surface area contributed by atoms with E-state index in [4.69, 9.17) is 0 Å². The lowest BCUT2D eigenvalue weighted by molar-refractivity contribution is 0.0909. The Kier molecular flexibility index (Phi) is 5.58. The summed E-state index contributed by atoms with van der Waals surface area (Å²) < 4.78 is 0. The summed E-state index contributed by atoms with van der Waals surface area (Å²) in [5.74, 6) is 0.764. The van der Waals surface area contributed by atoms with Crippen LogP contribution >= 0.6 is 0 Å². The molecule has 0 spiro atoms. The van der Waals surface area contributed by atoms with E-state index in [1.165, 1.54) is 19.4 Å². The summed E-state index contributed by atoms with van der Waals surface area (Å²) in [5, 5.41) is 12.9. The highest BCUT2D eigenvalue weighted by Gasteiger charge is 2.19. The van der Waals surface area contributed by atoms with Crippen LogP contribution in [0.5, 0.6) is 0 Å². The second-order valence-electron chi connectivity index (χ2n) is 5.11. The van der Waals surface area contributed by atoms with Gasteiger partial charge in [0, 0.05) is 19.1 Å². The zero-order valence-electron chi connectivity index (χ0n) is 10.4. The highest BCUT2D eigenvalue weighted by atomic mass is 16.3. The van der Waals surface area contributed by atoms with E-state index in [0.29, 0.717) is 6.04 Å². The first-order valence-corrected chi connectivity index (χ1v) is 6.22. The van der Waals surface area contributed by atoms with E-state index < -0.39 is 0 Å². The van der Waals surface area contributed by atoms with Gasteiger partial charge >= 0.3 is 0 Å². The Morgan fingerprint density at radius 2 is 2.13 bits per heavy atom. The predicted octanol–water partition coefficient (Wildman–Crippen LogP) is 1.08. The molecule has 2 N–H and O–H groups in total. The van der Waals surface area contributed by atoms with Gasteiger partial charge in [-0.1, -0.05) is 0 Å². The van der Waals surface area contributed by atoms with Crippen LogP contribution < -0.4 is 5.32 Å². The summed E-state index contributed by atoms with van der Waals surface area (Å²) in [5.41, 5.74) is 0. The number of rotatable bonds is 5. The standard InChI is InChI=1S/C12H26N2O/c1-10(2)14(8-11(3)15)9-12-5-4-6-13-7-12/h10-13,15H,4-9H2,1-3H3/t11-,12?/m1/s1. The fourth-order valence-electron chi connectivity index (χ4n) is 2.25. The van der Waals surface area contributed by atoms with E-state index in [-0.39, 0.29) is 6.10 Å². The van der Waals surface area contributed by atoms with E-state index in [9.17, 15) is 5.11 Å². The first-order chi connectivity index (χ1) is 7.09. The molecule has 1 aliphatic rings. The van der Waals surface area contributed by atoms with Gasteiger partial charge in [-0.05, 0) is 52.6 Å². The summed E-state index contributed by atoms with van der Waals surface area (Å²) in [4.78, 5) is 2.39. The van der Waals surface area contributed by atoms with Crippen LogP contribution in [0, 0.1) is 5.92 Å². The molecule has 0 aromatic heterocycles. The van der Waals surface area contributed by atoms with Gasteiger partial charge in [0.15, 0.2) is 0 Å². The van der Waals surface area contributed by atoms with Crippen molar-refractivity contribution < 1.29 is 5.11 Å². The number of nitrogens with one attached hydrogen (secondary N) is 1. The second kappa shape index (κ2) is 6.46. The minimum Gasteiger partial charge on any atom is -0.392 e. The normalized spacial score (nSPS) is 24.8. The van der Waals surface area contributed by atoms with E-state index in [2.05, 4.69) is 24.1 Å². The fraction of sp³-hybridized carbons (Fsp3) is 1.00. The lowest BCUT2D eigenvalue weighted by atomic mass is 9.98. The highest BCUT2D eigenvalue weighted by Crippen LogP contribution is 2.13. The van der Waals surface area contributed by atoms with Crippen molar-refractivity contribution in [1.29, 1.82) is 0 Å². The molecular weight excluding hydrogens is 188 g/mol. The van der Waals surface area contributed by atoms with Crippen molar-refractivity contribution in [3.05, 3.63) is 0 Å². The maximum atomic E-state index is 9.44. The molecule has 1 aliphatic heterocycles. The van der Waals surface area contributed by atoms with Crippen molar-refractivity contribution in [2.75, 3.05) is 26.2 Å². The molecule has 2 atom stereocenters. The Hall–Kier alpha value is -0.120. The molecule has 0 saturated carbocycles. The van der Waals surface area contributed by atoms with Gasteiger partial charge in [-0.2, -0.15) is 0 Å². The van der Waals surface area contributed by atoms with Crippen molar-refractivity contribution in [1.82, 2.24) is 10.2 Å². The second-order valence-corrected chi connectivity index (χ2v) is 5.11. The average Bonchev–Trinajstić information content (AvgIpc) is 2.17. The fourth-order valence-corrected chi connectivity index (χ4v) is 2.25. The Morgan fingerprint density at radius 3 is 2.60 bits per heavy atom. The van der Waals surface area contributed by atoms with Crippen LogP contribution in [0.1, 0.15) is 33.6 Å². The first kappa shape index (κ1) is 12.9. The molecule has 3 heteroatoms. The maximum Gasteiger partial charge on any atom is 0.0639 e. The average molecular weight is 214 g/mol. The highest BCUT2D eigenvalue weighted by molar-refractivity contribution is 4.75. The minimum absolute atomic E-state index is 0.219. The van der Waals surface area contributed by atoms with Crippen LogP contribution in [-0.4, -0.2) is 48.3 Å². The summed E-state index contributed by atoms with van der Waals surface area (Å²) >= 11 is 0. The van der Waals surface area contributed by atoms with Crippen molar-refractivity contribution >= 4 is 0 Å². The van der Waals surface area contributed by atoms with Gasteiger partial charge in [-0.25, -0.2) is 0 Å². The molecule has 90 valence electrons. The SMILES string of the molecule is CC(C)N(CC1CCCNC1)C[C@@H](C)O. The quantitative estimate of drug-likeness (QED) is 0.719. The topological polar surface area (TPSA) is 35.5 Å². The lowest BCUT2D eigenvalue weighted by Crippen LogP contribution is -2.43. The van der Waals surface area contributed by atoms with E-state index in [0.717, 1.165) is 25.6 Å². The molecule has 1 rings (SSSR count). The predicted molar refractivity (Wildman–Crippen MR) is 64.0 cm³/mol. The first-order valence-electron chi connectivity index (χ1n) is 6.22. The number of piperidine rings is 1. The van der Waals surface area contributed by atoms with Gasteiger partial charge in [-0.15, -0.1) is 0 Å². The summed E-state index contributed by atoms with van der Waals surface area (Å²) in [6.45, 7) is 10.5. The van der Waals surface area contributed by atoms with Crippen molar-refractivity contribution in [3.63, 3.8) is 0 Å². The van der Waals surface area contributed by atoms with Gasteiger partial charge in [-0.3, -0.25) is 4.90 Å². The molecule has 0 aliphatic carbocycles. The van der Waals surface area contributed by atoms with Gasteiger partial charge in [0.2, 0.25) is 0 Å². The molecule has 1 unspecified atom stereocenters. The largest absolute Gasteiger partial charge is 0.392 e. The van der Waals surface area contributed by atoms with Crippen molar-refractivity contribution in [3.8, 4) is 0 Å². The number of nitrogens with zero attached hydrogens (tertiary/aromatic N) is 1. The van der Waals surface area contributed by atoms with Crippen LogP contribution in [0.4, 0.5) is 0 Å². The molecule has 1 fully saturated rings. The molecule has 15 heavy (non-hydrogen) atoms. The number of aliphatic hydroxyl groups is 1. The molecule has 3 nitrogen and oxygen atoms in total. The van der Waals surface area contributed by atoms with Crippen LogP contribution in [0.3, 0.4) is 0 Å². The summed E-state index contributed by atoms with van der Waals surface area (Å²) in [7, 11) is 0. The molecule has 1 heterocycles. The van der Waals surface area contributed by atoms with Gasteiger partial charge in [0.1, 0.15) is 0 Å². The molecule has 0 aromatic rings. The van der Waals surface area contributed by atoms with Crippen LogP contribution in [0.25, 0.3) is 0 Å². The number of hydrogen-bond donors (Lipinski definition) is 2. The van der Waals surface area contributed by atoms with Gasteiger partial charge < -0.3 is 10.4 Å². The van der Waals surface area contributed by atoms with Gasteiger partial charge in [0.25, 0.3) is 0 Å². The smallest absolute Gasteiger partial charge is 0.0639 e. The Bertz CT molecular complexity index is 165. The molecule has 1 saturated heterocycles. The van der Waals surface area contributed by atoms with Crippen molar-refractivity contribution in [2.45, 2.75) is 45.8 Å². The maximum absolute atomic E-state index is 9.44. The summed E-state index contributed by atoms with van der Waals surface area (Å²) in [6.07, 6.45) is 2.41. The van der Waals surface area contributed by atoms with E-state index in [1.807, 2.05) is 6.92 Å². The lowest BCUT2D eigenvalue weighted by Gasteiger charge is -2.33. The molecule has 0 aromatic carbocycles. The monoisotopic (exact) mass is 214 g/mol. The zero-order chi connectivity index (χ0) is 11.3. The third-order valence-electron chi connectivity index (χ3n) is 3.12. The number of aliphatic hydroxyl groups excluding tert-OH is 1. The third-order valence-corrected chi connectivity index (χ3v) is 3.12.